The Balaban J connectivity index is 3.09. The van der Waals surface area contributed by atoms with Crippen molar-refractivity contribution in [3.63, 3.8) is 0 Å². The largest absolute Gasteiger partial charge is 0.477 e. The van der Waals surface area contributed by atoms with Crippen LogP contribution in [0, 0.1) is 5.92 Å². The molecule has 0 radical (unpaired) electrons. The normalized spacial score (nSPS) is 11.0. The molecule has 0 spiro atoms. The van der Waals surface area contributed by atoms with Crippen LogP contribution in [0.25, 0.3) is 0 Å². The van der Waals surface area contributed by atoms with Gasteiger partial charge in [0.2, 0.25) is 0 Å². The molecule has 0 fully saturated rings. The smallest absolute Gasteiger partial charge is 0.354 e. The van der Waals surface area contributed by atoms with E-state index in [-0.39, 0.29) is 23.3 Å². The molecular weight excluding hydrogens is 268 g/mol. The van der Waals surface area contributed by atoms with Crippen molar-refractivity contribution in [1.82, 2.24) is 9.88 Å². The van der Waals surface area contributed by atoms with Crippen molar-refractivity contribution in [2.45, 2.75) is 46.6 Å². The number of aromatic carboxylic acids is 1. The number of amides is 1. The molecule has 0 aliphatic heterocycles. The van der Waals surface area contributed by atoms with Crippen LogP contribution in [-0.4, -0.2) is 39.5 Å². The summed E-state index contributed by atoms with van der Waals surface area (Å²) < 4.78 is 0. The zero-order chi connectivity index (χ0) is 16.0. The van der Waals surface area contributed by atoms with E-state index >= 15 is 0 Å². The van der Waals surface area contributed by atoms with E-state index in [2.05, 4.69) is 32.7 Å². The van der Waals surface area contributed by atoms with Crippen molar-refractivity contribution in [2.24, 2.45) is 5.92 Å². The van der Waals surface area contributed by atoms with Gasteiger partial charge in [0.25, 0.3) is 5.91 Å². The Labute approximate surface area is 126 Å². The molecule has 116 valence electrons. The lowest BCUT2D eigenvalue weighted by Gasteiger charge is -2.31. The highest BCUT2D eigenvalue weighted by Crippen LogP contribution is 2.15. The number of aromatic nitrogens is 1. The summed E-state index contributed by atoms with van der Waals surface area (Å²) in [6.07, 6.45) is 1.74. The van der Waals surface area contributed by atoms with Crippen LogP contribution in [0.1, 0.15) is 61.5 Å². The first-order valence-corrected chi connectivity index (χ1v) is 7.41. The van der Waals surface area contributed by atoms with E-state index in [1.165, 1.54) is 6.07 Å². The van der Waals surface area contributed by atoms with Gasteiger partial charge in [0.05, 0.1) is 0 Å². The molecule has 0 saturated carbocycles. The molecule has 1 N–H and O–H groups in total. The summed E-state index contributed by atoms with van der Waals surface area (Å²) in [5.74, 6) is -0.972. The minimum atomic E-state index is -1.12. The third kappa shape index (κ3) is 4.55. The van der Waals surface area contributed by atoms with Crippen molar-refractivity contribution in [3.05, 3.63) is 29.6 Å². The van der Waals surface area contributed by atoms with Crippen molar-refractivity contribution >= 4 is 11.9 Å². The van der Waals surface area contributed by atoms with E-state index in [4.69, 9.17) is 5.11 Å². The number of carbonyl (C=O) groups excluding carboxylic acids is 1. The van der Waals surface area contributed by atoms with E-state index in [0.29, 0.717) is 12.5 Å². The molecule has 1 heterocycles. The Hall–Kier alpha value is -1.91. The second-order valence-electron chi connectivity index (χ2n) is 5.53. The molecule has 0 saturated heterocycles. The van der Waals surface area contributed by atoms with Gasteiger partial charge >= 0.3 is 5.97 Å². The number of carbonyl (C=O) groups is 2. The van der Waals surface area contributed by atoms with Crippen molar-refractivity contribution < 1.29 is 14.7 Å². The molecule has 1 rings (SSSR count). The predicted molar refractivity (Wildman–Crippen MR) is 81.4 cm³/mol. The van der Waals surface area contributed by atoms with Crippen LogP contribution in [0.3, 0.4) is 0 Å². The number of nitrogens with zero attached hydrogens (tertiary/aromatic N) is 2. The monoisotopic (exact) mass is 292 g/mol. The van der Waals surface area contributed by atoms with Gasteiger partial charge in [-0.3, -0.25) is 4.79 Å². The van der Waals surface area contributed by atoms with Crippen LogP contribution in [-0.2, 0) is 0 Å². The van der Waals surface area contributed by atoms with Gasteiger partial charge in [0.15, 0.2) is 0 Å². The van der Waals surface area contributed by atoms with Gasteiger partial charge in [0.1, 0.15) is 11.4 Å². The zero-order valence-corrected chi connectivity index (χ0v) is 13.2. The standard InChI is InChI=1S/C16H24N2O3/c1-5-12(6-2)18(10-11(3)4)15(19)13-8-7-9-14(17-13)16(20)21/h7-9,11-12H,5-6,10H2,1-4H3,(H,20,21). The zero-order valence-electron chi connectivity index (χ0n) is 13.2. The fourth-order valence-corrected chi connectivity index (χ4v) is 2.34. The Morgan fingerprint density at radius 3 is 2.24 bits per heavy atom. The van der Waals surface area contributed by atoms with E-state index in [9.17, 15) is 9.59 Å². The summed E-state index contributed by atoms with van der Waals surface area (Å²) in [6, 6.07) is 4.67. The number of hydrogen-bond acceptors (Lipinski definition) is 3. The second kappa shape index (κ2) is 7.76. The topological polar surface area (TPSA) is 70.5 Å². The van der Waals surface area contributed by atoms with Crippen LogP contribution >= 0.6 is 0 Å². The van der Waals surface area contributed by atoms with Crippen LogP contribution < -0.4 is 0 Å². The Kier molecular flexibility index (Phi) is 6.34. The molecule has 1 amide bonds. The second-order valence-corrected chi connectivity index (χ2v) is 5.53. The van der Waals surface area contributed by atoms with Crippen molar-refractivity contribution in [2.75, 3.05) is 6.54 Å². The number of rotatable bonds is 7. The molecule has 5 heteroatoms. The maximum absolute atomic E-state index is 12.7. The molecule has 1 aromatic rings. The Morgan fingerprint density at radius 2 is 1.76 bits per heavy atom. The van der Waals surface area contributed by atoms with Crippen LogP contribution in [0.4, 0.5) is 0 Å². The molecule has 0 bridgehead atoms. The molecule has 0 unspecified atom stereocenters. The summed E-state index contributed by atoms with van der Waals surface area (Å²) in [5, 5.41) is 8.99. The van der Waals surface area contributed by atoms with Crippen LogP contribution in [0.5, 0.6) is 0 Å². The van der Waals surface area contributed by atoms with E-state index in [1.807, 2.05) is 4.90 Å². The molecule has 0 aliphatic carbocycles. The lowest BCUT2D eigenvalue weighted by molar-refractivity contribution is 0.0633. The van der Waals surface area contributed by atoms with Gasteiger partial charge in [0, 0.05) is 12.6 Å². The third-order valence-corrected chi connectivity index (χ3v) is 3.39. The highest BCUT2D eigenvalue weighted by Gasteiger charge is 2.24. The van der Waals surface area contributed by atoms with E-state index in [0.717, 1.165) is 12.8 Å². The maximum atomic E-state index is 12.7. The number of carboxylic acid groups (broad SMARTS) is 1. The highest BCUT2D eigenvalue weighted by atomic mass is 16.4. The molecule has 0 atom stereocenters. The summed E-state index contributed by atoms with van der Waals surface area (Å²) in [5.41, 5.74) is 0.0948. The SMILES string of the molecule is CCC(CC)N(CC(C)C)C(=O)c1cccc(C(=O)O)n1. The van der Waals surface area contributed by atoms with Gasteiger partial charge in [-0.1, -0.05) is 33.8 Å². The lowest BCUT2D eigenvalue weighted by Crippen LogP contribution is -2.42. The average Bonchev–Trinajstić information content (AvgIpc) is 2.46. The molecule has 0 aromatic carbocycles. The highest BCUT2D eigenvalue weighted by molar-refractivity contribution is 5.94. The van der Waals surface area contributed by atoms with Gasteiger partial charge in [-0.2, -0.15) is 0 Å². The lowest BCUT2D eigenvalue weighted by atomic mass is 10.1. The number of pyridine rings is 1. The predicted octanol–water partition coefficient (Wildman–Crippen LogP) is 3.07. The summed E-state index contributed by atoms with van der Waals surface area (Å²) in [4.78, 5) is 29.4. The first-order chi connectivity index (χ1) is 9.90. The first-order valence-electron chi connectivity index (χ1n) is 7.41. The van der Waals surface area contributed by atoms with Crippen molar-refractivity contribution in [1.29, 1.82) is 0 Å². The quantitative estimate of drug-likeness (QED) is 0.838. The fraction of sp³-hybridized carbons (Fsp3) is 0.562. The molecule has 21 heavy (non-hydrogen) atoms. The van der Waals surface area contributed by atoms with Gasteiger partial charge in [-0.05, 0) is 30.9 Å². The molecule has 1 aromatic heterocycles. The fourth-order valence-electron chi connectivity index (χ4n) is 2.34. The van der Waals surface area contributed by atoms with Gasteiger partial charge in [-0.15, -0.1) is 0 Å². The van der Waals surface area contributed by atoms with Crippen LogP contribution in [0.15, 0.2) is 18.2 Å². The Bertz CT molecular complexity index is 496. The molecule has 0 aliphatic rings. The van der Waals surface area contributed by atoms with Gasteiger partial charge in [-0.25, -0.2) is 9.78 Å². The average molecular weight is 292 g/mol. The van der Waals surface area contributed by atoms with Crippen LogP contribution in [0.2, 0.25) is 0 Å². The van der Waals surface area contributed by atoms with E-state index < -0.39 is 5.97 Å². The molecule has 5 nitrogen and oxygen atoms in total. The number of hydrogen-bond donors (Lipinski definition) is 1. The third-order valence-electron chi connectivity index (χ3n) is 3.39. The number of carboxylic acids is 1. The minimum absolute atomic E-state index is 0.102. The summed E-state index contributed by atoms with van der Waals surface area (Å²) >= 11 is 0. The summed E-state index contributed by atoms with van der Waals surface area (Å²) in [7, 11) is 0. The maximum Gasteiger partial charge on any atom is 0.354 e. The Morgan fingerprint density at radius 1 is 1.19 bits per heavy atom. The van der Waals surface area contributed by atoms with Gasteiger partial charge < -0.3 is 10.0 Å². The molecular formula is C16H24N2O3. The van der Waals surface area contributed by atoms with Crippen molar-refractivity contribution in [3.8, 4) is 0 Å². The van der Waals surface area contributed by atoms with E-state index in [1.54, 1.807) is 12.1 Å². The minimum Gasteiger partial charge on any atom is -0.477 e. The first kappa shape index (κ1) is 17.1. The summed E-state index contributed by atoms with van der Waals surface area (Å²) in [6.45, 7) is 8.86.